The van der Waals surface area contributed by atoms with E-state index < -0.39 is 0 Å². The molecule has 6 heteroatoms. The lowest BCUT2D eigenvalue weighted by Crippen LogP contribution is -2.55. The first kappa shape index (κ1) is 16.3. The maximum Gasteiger partial charge on any atom is 0.343 e. The van der Waals surface area contributed by atoms with Gasteiger partial charge in [-0.25, -0.2) is 4.79 Å². The van der Waals surface area contributed by atoms with Gasteiger partial charge in [-0.3, -0.25) is 0 Å². The first-order valence-electron chi connectivity index (χ1n) is 9.13. The van der Waals surface area contributed by atoms with Gasteiger partial charge in [0.1, 0.15) is 0 Å². The molecule has 4 aliphatic rings. The molecule has 4 aliphatic carbocycles. The molecule has 0 radical (unpaired) electrons. The van der Waals surface area contributed by atoms with Crippen LogP contribution in [0.25, 0.3) is 0 Å². The molecule has 2 amide bonds. The number of amides is 2. The third kappa shape index (κ3) is 3.06. The minimum absolute atomic E-state index is 0.166. The van der Waals surface area contributed by atoms with Crippen molar-refractivity contribution in [1.29, 1.82) is 0 Å². The summed E-state index contributed by atoms with van der Waals surface area (Å²) in [6, 6.07) is 0.183. The largest absolute Gasteiger partial charge is 0.383 e. The Kier molecular flexibility index (Phi) is 4.52. The number of nitrogens with zero attached hydrogens (tertiary/aromatic N) is 2. The molecule has 4 saturated carbocycles. The van der Waals surface area contributed by atoms with Crippen LogP contribution in [0.2, 0.25) is 0 Å². The summed E-state index contributed by atoms with van der Waals surface area (Å²) in [5.74, 6) is 3.22. The van der Waals surface area contributed by atoms with Crippen molar-refractivity contribution < 1.29 is 9.53 Å². The Bertz CT molecular complexity index is 650. The van der Waals surface area contributed by atoms with E-state index >= 15 is 0 Å². The fraction of sp³-hybridized carbons (Fsp3) is 0.778. The SMILES string of the molecule is COCCn1c(C)cs/c1=N\C(=O)NC1C2CC3CC(C2)CC1C3. The highest BCUT2D eigenvalue weighted by Crippen LogP contribution is 2.53. The Morgan fingerprint density at radius 2 is 1.96 bits per heavy atom. The Morgan fingerprint density at radius 3 is 2.58 bits per heavy atom. The van der Waals surface area contributed by atoms with E-state index in [4.69, 9.17) is 4.74 Å². The molecule has 1 heterocycles. The molecule has 24 heavy (non-hydrogen) atoms. The number of thiazole rings is 1. The molecular formula is C18H27N3O2S. The van der Waals surface area contributed by atoms with Gasteiger partial charge in [0.2, 0.25) is 0 Å². The number of rotatable bonds is 4. The van der Waals surface area contributed by atoms with Crippen LogP contribution in [0.4, 0.5) is 4.79 Å². The van der Waals surface area contributed by atoms with Crippen LogP contribution >= 0.6 is 11.3 Å². The number of methoxy groups -OCH3 is 1. The van der Waals surface area contributed by atoms with Crippen LogP contribution in [0.3, 0.4) is 0 Å². The van der Waals surface area contributed by atoms with Crippen molar-refractivity contribution in [3.8, 4) is 0 Å². The molecule has 0 aromatic carbocycles. The normalized spacial score (nSPS) is 34.8. The number of ether oxygens (including phenoxy) is 1. The highest BCUT2D eigenvalue weighted by molar-refractivity contribution is 7.07. The van der Waals surface area contributed by atoms with Gasteiger partial charge in [-0.2, -0.15) is 4.99 Å². The minimum atomic E-state index is -0.166. The number of hydrogen-bond donors (Lipinski definition) is 1. The van der Waals surface area contributed by atoms with Crippen LogP contribution in [0.1, 0.15) is 37.8 Å². The Balaban J connectivity index is 1.47. The first-order valence-corrected chi connectivity index (χ1v) is 10.0. The molecule has 1 N–H and O–H groups in total. The predicted octanol–water partition coefficient (Wildman–Crippen LogP) is 2.94. The zero-order valence-corrected chi connectivity index (χ0v) is 15.3. The number of carbonyl (C=O) groups is 1. The standard InChI is InChI=1S/C18H27N3O2S/c1-11-10-24-18(21(11)3-4-23-2)20-17(22)19-16-14-6-12-5-13(8-14)9-15(16)7-12/h10,12-16H,3-9H2,1-2H3,(H,19,22)/b20-18-. The van der Waals surface area contributed by atoms with E-state index in [2.05, 4.69) is 14.9 Å². The van der Waals surface area contributed by atoms with Crippen molar-refractivity contribution in [3.05, 3.63) is 15.9 Å². The van der Waals surface area contributed by atoms with E-state index in [-0.39, 0.29) is 6.03 Å². The summed E-state index contributed by atoms with van der Waals surface area (Å²) in [4.78, 5) is 17.7. The topological polar surface area (TPSA) is 55.6 Å². The summed E-state index contributed by atoms with van der Waals surface area (Å²) in [6.07, 6.45) is 6.67. The highest BCUT2D eigenvalue weighted by atomic mass is 32.1. The van der Waals surface area contributed by atoms with Crippen molar-refractivity contribution >= 4 is 17.4 Å². The quantitative estimate of drug-likeness (QED) is 0.909. The van der Waals surface area contributed by atoms with Crippen molar-refractivity contribution in [2.24, 2.45) is 28.7 Å². The molecule has 5 nitrogen and oxygen atoms in total. The lowest BCUT2D eigenvalue weighted by molar-refractivity contribution is -0.00904. The summed E-state index contributed by atoms with van der Waals surface area (Å²) < 4.78 is 7.22. The van der Waals surface area contributed by atoms with E-state index in [0.29, 0.717) is 24.5 Å². The second-order valence-electron chi connectivity index (χ2n) is 7.82. The second kappa shape index (κ2) is 6.64. The van der Waals surface area contributed by atoms with Gasteiger partial charge in [0, 0.05) is 30.8 Å². The van der Waals surface area contributed by atoms with Gasteiger partial charge in [0.25, 0.3) is 0 Å². The van der Waals surface area contributed by atoms with E-state index in [9.17, 15) is 4.79 Å². The number of carbonyl (C=O) groups excluding carboxylic acids is 1. The van der Waals surface area contributed by atoms with Gasteiger partial charge in [0.05, 0.1) is 6.61 Å². The molecule has 1 aromatic heterocycles. The summed E-state index contributed by atoms with van der Waals surface area (Å²) in [5.41, 5.74) is 1.12. The van der Waals surface area contributed by atoms with Crippen molar-refractivity contribution in [1.82, 2.24) is 9.88 Å². The van der Waals surface area contributed by atoms with Crippen molar-refractivity contribution in [2.75, 3.05) is 13.7 Å². The summed E-state index contributed by atoms with van der Waals surface area (Å²) >= 11 is 1.53. The number of urea groups is 1. The zero-order chi connectivity index (χ0) is 16.7. The Morgan fingerprint density at radius 1 is 1.29 bits per heavy atom. The third-order valence-corrected chi connectivity index (χ3v) is 7.21. The third-order valence-electron chi connectivity index (χ3n) is 6.22. The smallest absolute Gasteiger partial charge is 0.343 e. The minimum Gasteiger partial charge on any atom is -0.383 e. The molecule has 0 saturated heterocycles. The molecule has 0 aliphatic heterocycles. The van der Waals surface area contributed by atoms with E-state index in [0.717, 1.165) is 28.9 Å². The fourth-order valence-electron chi connectivity index (χ4n) is 5.38. The van der Waals surface area contributed by atoms with Gasteiger partial charge >= 0.3 is 6.03 Å². The molecule has 132 valence electrons. The van der Waals surface area contributed by atoms with Crippen LogP contribution in [-0.4, -0.2) is 30.4 Å². The van der Waals surface area contributed by atoms with Crippen molar-refractivity contribution in [2.45, 2.75) is 51.6 Å². The molecule has 4 fully saturated rings. The van der Waals surface area contributed by atoms with Gasteiger partial charge in [-0.15, -0.1) is 11.3 Å². The summed E-state index contributed by atoms with van der Waals surface area (Å²) in [6.45, 7) is 3.40. The van der Waals surface area contributed by atoms with E-state index in [1.807, 2.05) is 12.3 Å². The second-order valence-corrected chi connectivity index (χ2v) is 8.66. The van der Waals surface area contributed by atoms with E-state index in [1.54, 1.807) is 7.11 Å². The maximum absolute atomic E-state index is 12.5. The summed E-state index contributed by atoms with van der Waals surface area (Å²) in [5, 5.41) is 5.31. The number of aromatic nitrogens is 1. The molecular weight excluding hydrogens is 322 g/mol. The number of nitrogens with one attached hydrogen (secondary N) is 1. The first-order chi connectivity index (χ1) is 11.6. The van der Waals surface area contributed by atoms with Gasteiger partial charge in [-0.05, 0) is 62.7 Å². The lowest BCUT2D eigenvalue weighted by atomic mass is 9.54. The van der Waals surface area contributed by atoms with Crippen LogP contribution in [-0.2, 0) is 11.3 Å². The molecule has 0 unspecified atom stereocenters. The van der Waals surface area contributed by atoms with Gasteiger partial charge < -0.3 is 14.6 Å². The predicted molar refractivity (Wildman–Crippen MR) is 93.8 cm³/mol. The monoisotopic (exact) mass is 349 g/mol. The van der Waals surface area contributed by atoms with Crippen LogP contribution in [0.5, 0.6) is 0 Å². The van der Waals surface area contributed by atoms with Gasteiger partial charge in [0.15, 0.2) is 4.80 Å². The van der Waals surface area contributed by atoms with Gasteiger partial charge in [-0.1, -0.05) is 0 Å². The van der Waals surface area contributed by atoms with Crippen LogP contribution in [0.15, 0.2) is 10.4 Å². The fourth-order valence-corrected chi connectivity index (χ4v) is 6.28. The number of aryl methyl sites for hydroxylation is 1. The average Bonchev–Trinajstić information content (AvgIpc) is 2.88. The van der Waals surface area contributed by atoms with Crippen molar-refractivity contribution in [3.63, 3.8) is 0 Å². The average molecular weight is 350 g/mol. The number of hydrogen-bond acceptors (Lipinski definition) is 3. The highest BCUT2D eigenvalue weighted by Gasteiger charge is 2.48. The summed E-state index contributed by atoms with van der Waals surface area (Å²) in [7, 11) is 1.69. The molecule has 4 bridgehead atoms. The van der Waals surface area contributed by atoms with Crippen LogP contribution in [0, 0.1) is 30.6 Å². The molecule has 0 spiro atoms. The van der Waals surface area contributed by atoms with Crippen LogP contribution < -0.4 is 10.1 Å². The Hall–Kier alpha value is -1.14. The maximum atomic E-state index is 12.5. The molecule has 1 aromatic rings. The molecule has 5 rings (SSSR count). The Labute approximate surface area is 147 Å². The molecule has 0 atom stereocenters. The zero-order valence-electron chi connectivity index (χ0n) is 14.5. The lowest BCUT2D eigenvalue weighted by Gasteiger charge is -2.54. The van der Waals surface area contributed by atoms with E-state index in [1.165, 1.54) is 43.4 Å².